The first-order valence-electron chi connectivity index (χ1n) is 8.58. The summed E-state index contributed by atoms with van der Waals surface area (Å²) in [5.74, 6) is 0.820. The third-order valence-corrected chi connectivity index (χ3v) is 4.17. The Morgan fingerprint density at radius 2 is 2.07 bits per heavy atom. The fourth-order valence-electron chi connectivity index (χ4n) is 2.95. The average Bonchev–Trinajstić information content (AvgIpc) is 3.04. The van der Waals surface area contributed by atoms with Crippen molar-refractivity contribution in [3.05, 3.63) is 23.8 Å². The van der Waals surface area contributed by atoms with Gasteiger partial charge in [-0.2, -0.15) is 22.0 Å². The first-order valence-corrected chi connectivity index (χ1v) is 8.58. The highest BCUT2D eigenvalue weighted by atomic mass is 127. The van der Waals surface area contributed by atoms with E-state index >= 15 is 0 Å². The second-order valence-electron chi connectivity index (χ2n) is 6.26. The summed E-state index contributed by atoms with van der Waals surface area (Å²) >= 11 is 0. The maximum absolute atomic E-state index is 12.6. The minimum absolute atomic E-state index is 0. The number of hydrogen-bond acceptors (Lipinski definition) is 4. The molecule has 1 aliphatic heterocycles. The van der Waals surface area contributed by atoms with Crippen molar-refractivity contribution in [1.82, 2.24) is 15.5 Å². The molecule has 1 heterocycles. The molecule has 0 bridgehead atoms. The van der Waals surface area contributed by atoms with Crippen molar-refractivity contribution in [3.63, 3.8) is 0 Å². The summed E-state index contributed by atoms with van der Waals surface area (Å²) < 4.78 is 72.2. The van der Waals surface area contributed by atoms with Gasteiger partial charge in [-0.1, -0.05) is 0 Å². The molecule has 1 unspecified atom stereocenters. The van der Waals surface area contributed by atoms with Crippen LogP contribution in [-0.2, 0) is 6.54 Å². The van der Waals surface area contributed by atoms with E-state index in [1.165, 1.54) is 31.2 Å². The van der Waals surface area contributed by atoms with E-state index in [0.717, 1.165) is 0 Å². The molecular weight excluding hydrogens is 514 g/mol. The van der Waals surface area contributed by atoms with Crippen LogP contribution in [0.25, 0.3) is 0 Å². The zero-order valence-corrected chi connectivity index (χ0v) is 18.3. The van der Waals surface area contributed by atoms with Crippen LogP contribution in [0.3, 0.4) is 0 Å². The summed E-state index contributed by atoms with van der Waals surface area (Å²) in [5, 5.41) is 6.01. The maximum Gasteiger partial charge on any atom is 0.401 e. The standard InChI is InChI=1S/C17H23F5N4O2.HI/c1-23-16(25-12-5-6-26(9-12)10-17(20,21)22)24-8-11-7-13(27-2)3-4-14(11)28-15(18)19;/h3-4,7,12,15H,5-6,8-10H2,1-2H3,(H2,23,24,25);1H. The Kier molecular flexibility index (Phi) is 10.2. The predicted molar refractivity (Wildman–Crippen MR) is 109 cm³/mol. The third-order valence-electron chi connectivity index (χ3n) is 4.17. The number of rotatable bonds is 7. The Labute approximate surface area is 182 Å². The van der Waals surface area contributed by atoms with Gasteiger partial charge in [-0.05, 0) is 24.6 Å². The molecule has 1 saturated heterocycles. The maximum atomic E-state index is 12.6. The minimum Gasteiger partial charge on any atom is -0.497 e. The fourth-order valence-corrected chi connectivity index (χ4v) is 2.95. The van der Waals surface area contributed by atoms with Crippen LogP contribution in [0.15, 0.2) is 23.2 Å². The lowest BCUT2D eigenvalue weighted by atomic mass is 10.2. The fraction of sp³-hybridized carbons (Fsp3) is 0.588. The van der Waals surface area contributed by atoms with Gasteiger partial charge in [-0.25, -0.2) is 0 Å². The molecule has 0 radical (unpaired) electrons. The molecule has 0 aliphatic carbocycles. The van der Waals surface area contributed by atoms with Crippen LogP contribution >= 0.6 is 24.0 Å². The van der Waals surface area contributed by atoms with Crippen LogP contribution in [-0.4, -0.2) is 63.5 Å². The highest BCUT2D eigenvalue weighted by molar-refractivity contribution is 14.0. The van der Waals surface area contributed by atoms with Gasteiger partial charge in [0.15, 0.2) is 5.96 Å². The van der Waals surface area contributed by atoms with Crippen molar-refractivity contribution in [2.45, 2.75) is 31.8 Å². The molecular formula is C17H24F5IN4O2. The number of aliphatic imine (C=N–C) groups is 1. The first kappa shape index (κ1) is 25.5. The topological polar surface area (TPSA) is 58.1 Å². The summed E-state index contributed by atoms with van der Waals surface area (Å²) in [6.45, 7) is -3.24. The molecule has 0 aromatic heterocycles. The molecule has 0 saturated carbocycles. The van der Waals surface area contributed by atoms with Crippen molar-refractivity contribution < 1.29 is 31.4 Å². The van der Waals surface area contributed by atoms with E-state index in [0.29, 0.717) is 30.2 Å². The Bertz CT molecular complexity index is 676. The van der Waals surface area contributed by atoms with Crippen LogP contribution in [0.1, 0.15) is 12.0 Å². The van der Waals surface area contributed by atoms with E-state index < -0.39 is 19.3 Å². The van der Waals surface area contributed by atoms with Crippen LogP contribution in [0.5, 0.6) is 11.5 Å². The first-order chi connectivity index (χ1) is 13.2. The minimum atomic E-state index is -4.23. The van der Waals surface area contributed by atoms with E-state index in [4.69, 9.17) is 4.74 Å². The summed E-state index contributed by atoms with van der Waals surface area (Å²) in [7, 11) is 2.97. The molecule has 12 heteroatoms. The molecule has 6 nitrogen and oxygen atoms in total. The number of nitrogens with one attached hydrogen (secondary N) is 2. The largest absolute Gasteiger partial charge is 0.497 e. The van der Waals surface area contributed by atoms with Crippen LogP contribution in [0, 0.1) is 0 Å². The Morgan fingerprint density at radius 1 is 1.34 bits per heavy atom. The monoisotopic (exact) mass is 538 g/mol. The third kappa shape index (κ3) is 8.76. The van der Waals surface area contributed by atoms with Crippen LogP contribution in [0.4, 0.5) is 22.0 Å². The SMILES string of the molecule is CN=C(NCc1cc(OC)ccc1OC(F)F)NC1CCN(CC(F)(F)F)C1.I. The zero-order chi connectivity index (χ0) is 20.7. The van der Waals surface area contributed by atoms with Gasteiger partial charge >= 0.3 is 12.8 Å². The normalized spacial score (nSPS) is 17.8. The lowest BCUT2D eigenvalue weighted by Gasteiger charge is -2.20. The summed E-state index contributed by atoms with van der Waals surface area (Å²) in [5.41, 5.74) is 0.424. The Balaban J connectivity index is 0.00000420. The molecule has 0 amide bonds. The summed E-state index contributed by atoms with van der Waals surface area (Å²) in [6, 6.07) is 4.24. The zero-order valence-electron chi connectivity index (χ0n) is 15.9. The summed E-state index contributed by atoms with van der Waals surface area (Å²) in [4.78, 5) is 5.35. The van der Waals surface area contributed by atoms with Gasteiger partial charge in [0.25, 0.3) is 0 Å². The van der Waals surface area contributed by atoms with Crippen molar-refractivity contribution in [3.8, 4) is 11.5 Å². The van der Waals surface area contributed by atoms with Crippen LogP contribution < -0.4 is 20.1 Å². The highest BCUT2D eigenvalue weighted by Gasteiger charge is 2.34. The van der Waals surface area contributed by atoms with Gasteiger partial charge in [-0.3, -0.25) is 9.89 Å². The van der Waals surface area contributed by atoms with Crippen molar-refractivity contribution in [1.29, 1.82) is 0 Å². The smallest absolute Gasteiger partial charge is 0.401 e. The van der Waals surface area contributed by atoms with Gasteiger partial charge in [0, 0.05) is 38.3 Å². The number of likely N-dealkylation sites (tertiary alicyclic amines) is 1. The number of alkyl halides is 5. The van der Waals surface area contributed by atoms with Gasteiger partial charge in [0.1, 0.15) is 11.5 Å². The quantitative estimate of drug-likeness (QED) is 0.242. The van der Waals surface area contributed by atoms with Gasteiger partial charge < -0.3 is 20.1 Å². The van der Waals surface area contributed by atoms with Crippen molar-refractivity contribution in [2.24, 2.45) is 4.99 Å². The Morgan fingerprint density at radius 3 is 2.66 bits per heavy atom. The van der Waals surface area contributed by atoms with E-state index in [9.17, 15) is 22.0 Å². The van der Waals surface area contributed by atoms with E-state index in [1.807, 2.05) is 0 Å². The van der Waals surface area contributed by atoms with Crippen molar-refractivity contribution in [2.75, 3.05) is 33.8 Å². The predicted octanol–water partition coefficient (Wildman–Crippen LogP) is 3.22. The number of ether oxygens (including phenoxy) is 2. The lowest BCUT2D eigenvalue weighted by Crippen LogP contribution is -2.45. The molecule has 1 fully saturated rings. The van der Waals surface area contributed by atoms with E-state index in [-0.39, 0.29) is 48.9 Å². The molecule has 29 heavy (non-hydrogen) atoms. The molecule has 2 rings (SSSR count). The number of halogens is 6. The van der Waals surface area contributed by atoms with E-state index in [1.54, 1.807) is 6.07 Å². The highest BCUT2D eigenvalue weighted by Crippen LogP contribution is 2.25. The number of guanidine groups is 1. The number of methoxy groups -OCH3 is 1. The number of hydrogen-bond donors (Lipinski definition) is 2. The summed E-state index contributed by atoms with van der Waals surface area (Å²) in [6.07, 6.45) is -3.70. The molecule has 1 atom stereocenters. The van der Waals surface area contributed by atoms with Gasteiger partial charge in [-0.15, -0.1) is 24.0 Å². The lowest BCUT2D eigenvalue weighted by molar-refractivity contribution is -0.143. The second-order valence-corrected chi connectivity index (χ2v) is 6.26. The number of nitrogens with zero attached hydrogens (tertiary/aromatic N) is 2. The molecule has 0 spiro atoms. The Hall–Kier alpha value is -1.57. The van der Waals surface area contributed by atoms with Crippen molar-refractivity contribution >= 4 is 29.9 Å². The molecule has 2 N–H and O–H groups in total. The number of benzene rings is 1. The molecule has 166 valence electrons. The van der Waals surface area contributed by atoms with Gasteiger partial charge in [0.2, 0.25) is 0 Å². The molecule has 1 aromatic carbocycles. The molecule has 1 aliphatic rings. The van der Waals surface area contributed by atoms with Crippen LogP contribution in [0.2, 0.25) is 0 Å². The molecule has 1 aromatic rings. The van der Waals surface area contributed by atoms with E-state index in [2.05, 4.69) is 20.4 Å². The average molecular weight is 538 g/mol. The second kappa shape index (κ2) is 11.6. The van der Waals surface area contributed by atoms with Gasteiger partial charge in [0.05, 0.1) is 13.7 Å².